The molecule has 0 aromatic carbocycles. The van der Waals surface area contributed by atoms with E-state index in [9.17, 15) is 4.79 Å². The van der Waals surface area contributed by atoms with Crippen LogP contribution in [0.3, 0.4) is 0 Å². The van der Waals surface area contributed by atoms with Gasteiger partial charge in [-0.15, -0.1) is 5.10 Å². The second-order valence-corrected chi connectivity index (χ2v) is 6.21. The van der Waals surface area contributed by atoms with E-state index in [4.69, 9.17) is 5.73 Å². The van der Waals surface area contributed by atoms with E-state index >= 15 is 0 Å². The molecule has 0 bridgehead atoms. The Bertz CT molecular complexity index is 632. The number of hydrogen-bond acceptors (Lipinski definition) is 5. The summed E-state index contributed by atoms with van der Waals surface area (Å²) in [5.41, 5.74) is 7.00. The highest BCUT2D eigenvalue weighted by atomic mass is 32.2. The fourth-order valence-electron chi connectivity index (χ4n) is 2.16. The minimum Gasteiger partial charge on any atom is -0.327 e. The van der Waals surface area contributed by atoms with Gasteiger partial charge in [0, 0.05) is 24.5 Å². The molecule has 0 radical (unpaired) electrons. The van der Waals surface area contributed by atoms with Crippen LogP contribution < -0.4 is 11.4 Å². The first-order valence-corrected chi connectivity index (χ1v) is 7.54. The van der Waals surface area contributed by atoms with Crippen molar-refractivity contribution in [3.05, 3.63) is 40.6 Å². The lowest BCUT2D eigenvalue weighted by Crippen LogP contribution is -2.23. The van der Waals surface area contributed by atoms with Gasteiger partial charge >= 0.3 is 5.69 Å². The Hall–Kier alpha value is -1.60. The Kier molecular flexibility index (Phi) is 3.62. The average Bonchev–Trinajstić information content (AvgIpc) is 3.21. The maximum atomic E-state index is 11.8. The molecule has 2 unspecified atom stereocenters. The van der Waals surface area contributed by atoms with Crippen LogP contribution in [0.2, 0.25) is 0 Å². The third-order valence-electron chi connectivity index (χ3n) is 3.31. The zero-order valence-corrected chi connectivity index (χ0v) is 12.0. The highest BCUT2D eigenvalue weighted by Crippen LogP contribution is 2.40. The molecule has 1 aliphatic rings. The molecule has 20 heavy (non-hydrogen) atoms. The highest BCUT2D eigenvalue weighted by molar-refractivity contribution is 7.99. The van der Waals surface area contributed by atoms with Crippen LogP contribution in [0.4, 0.5) is 0 Å². The lowest BCUT2D eigenvalue weighted by atomic mass is 10.1. The number of nitrogens with one attached hydrogen (secondary N) is 1. The third-order valence-corrected chi connectivity index (χ3v) is 4.76. The van der Waals surface area contributed by atoms with Gasteiger partial charge in [-0.25, -0.2) is 9.89 Å². The lowest BCUT2D eigenvalue weighted by Gasteiger charge is -2.19. The zero-order chi connectivity index (χ0) is 14.1. The molecule has 1 saturated carbocycles. The first-order valence-electron chi connectivity index (χ1n) is 6.66. The molecular weight excluding hydrogens is 274 g/mol. The Labute approximate surface area is 120 Å². The van der Waals surface area contributed by atoms with E-state index in [2.05, 4.69) is 15.2 Å². The molecule has 3 rings (SSSR count). The molecule has 3 N–H and O–H groups in total. The Morgan fingerprint density at radius 1 is 1.55 bits per heavy atom. The molecule has 1 aliphatic carbocycles. The van der Waals surface area contributed by atoms with Crippen LogP contribution in [-0.4, -0.2) is 25.8 Å². The molecule has 0 saturated heterocycles. The summed E-state index contributed by atoms with van der Waals surface area (Å²) >= 11 is 1.52. The predicted octanol–water partition coefficient (Wildman–Crippen LogP) is 1.48. The second kappa shape index (κ2) is 5.41. The first kappa shape index (κ1) is 13.4. The predicted molar refractivity (Wildman–Crippen MR) is 77.6 cm³/mol. The first-order chi connectivity index (χ1) is 9.66. The van der Waals surface area contributed by atoms with Gasteiger partial charge < -0.3 is 5.73 Å². The lowest BCUT2D eigenvalue weighted by molar-refractivity contribution is 0.636. The standard InChI is InChI=1S/C13H17N5OS/c1-8(14)11(9-3-2-6-15-7-9)20-13-17-16-12(19)18(13)10-4-5-10/h2-3,6-8,10-11H,4-5,14H2,1H3,(H,16,19). The third kappa shape index (κ3) is 2.64. The Morgan fingerprint density at radius 3 is 2.95 bits per heavy atom. The van der Waals surface area contributed by atoms with Crippen molar-refractivity contribution in [3.8, 4) is 0 Å². The van der Waals surface area contributed by atoms with Crippen LogP contribution >= 0.6 is 11.8 Å². The summed E-state index contributed by atoms with van der Waals surface area (Å²) in [6.45, 7) is 1.96. The molecule has 106 valence electrons. The van der Waals surface area contributed by atoms with Crippen molar-refractivity contribution in [1.29, 1.82) is 0 Å². The maximum absolute atomic E-state index is 11.8. The van der Waals surface area contributed by atoms with E-state index in [0.29, 0.717) is 11.2 Å². The largest absolute Gasteiger partial charge is 0.344 e. The van der Waals surface area contributed by atoms with E-state index in [1.165, 1.54) is 11.8 Å². The highest BCUT2D eigenvalue weighted by Gasteiger charge is 2.30. The molecule has 6 nitrogen and oxygen atoms in total. The number of nitrogens with two attached hydrogens (primary N) is 1. The number of aromatic nitrogens is 4. The molecule has 2 aromatic heterocycles. The number of H-pyrrole nitrogens is 1. The van der Waals surface area contributed by atoms with E-state index in [1.54, 1.807) is 10.8 Å². The monoisotopic (exact) mass is 291 g/mol. The minimum absolute atomic E-state index is 0.0244. The van der Waals surface area contributed by atoms with E-state index < -0.39 is 0 Å². The normalized spacial score (nSPS) is 17.9. The number of thioether (sulfide) groups is 1. The summed E-state index contributed by atoms with van der Waals surface area (Å²) in [4.78, 5) is 15.9. The molecule has 1 fully saturated rings. The van der Waals surface area contributed by atoms with Gasteiger partial charge in [0.05, 0.1) is 5.25 Å². The van der Waals surface area contributed by atoms with E-state index in [0.717, 1.165) is 18.4 Å². The molecule has 2 heterocycles. The fourth-order valence-corrected chi connectivity index (χ4v) is 3.33. The van der Waals surface area contributed by atoms with Gasteiger partial charge in [-0.05, 0) is 31.4 Å². The fraction of sp³-hybridized carbons (Fsp3) is 0.462. The van der Waals surface area contributed by atoms with E-state index in [-0.39, 0.29) is 17.0 Å². The van der Waals surface area contributed by atoms with Crippen LogP contribution in [0.15, 0.2) is 34.5 Å². The van der Waals surface area contributed by atoms with Crippen molar-refractivity contribution in [2.45, 2.75) is 42.3 Å². The second-order valence-electron chi connectivity index (χ2n) is 5.10. The summed E-state index contributed by atoms with van der Waals surface area (Å²) < 4.78 is 1.75. The van der Waals surface area contributed by atoms with Crippen LogP contribution in [0.5, 0.6) is 0 Å². The van der Waals surface area contributed by atoms with Gasteiger partial charge in [-0.1, -0.05) is 17.8 Å². The van der Waals surface area contributed by atoms with Crippen LogP contribution in [-0.2, 0) is 0 Å². The van der Waals surface area contributed by atoms with Crippen molar-refractivity contribution in [3.63, 3.8) is 0 Å². The van der Waals surface area contributed by atoms with Gasteiger partial charge in [0.25, 0.3) is 0 Å². The Morgan fingerprint density at radius 2 is 2.35 bits per heavy atom. The number of nitrogens with zero attached hydrogens (tertiary/aromatic N) is 3. The maximum Gasteiger partial charge on any atom is 0.344 e. The number of aromatic amines is 1. The summed E-state index contributed by atoms with van der Waals surface area (Å²) in [5.74, 6) is 0. The SMILES string of the molecule is CC(N)C(Sc1n[nH]c(=O)n1C1CC1)c1cccnc1. The molecule has 2 atom stereocenters. The zero-order valence-electron chi connectivity index (χ0n) is 11.2. The average molecular weight is 291 g/mol. The van der Waals surface area contributed by atoms with Crippen molar-refractivity contribution in [2.24, 2.45) is 5.73 Å². The number of hydrogen-bond donors (Lipinski definition) is 2. The molecule has 0 amide bonds. The van der Waals surface area contributed by atoms with Gasteiger partial charge in [0.15, 0.2) is 5.16 Å². The van der Waals surface area contributed by atoms with Crippen molar-refractivity contribution in [2.75, 3.05) is 0 Å². The Balaban J connectivity index is 1.89. The summed E-state index contributed by atoms with van der Waals surface area (Å²) in [6, 6.07) is 4.12. The van der Waals surface area contributed by atoms with Gasteiger partial charge in [0.2, 0.25) is 0 Å². The topological polar surface area (TPSA) is 89.6 Å². The summed E-state index contributed by atoms with van der Waals surface area (Å²) in [6.07, 6.45) is 5.64. The summed E-state index contributed by atoms with van der Waals surface area (Å²) in [5, 5.41) is 7.41. The summed E-state index contributed by atoms with van der Waals surface area (Å²) in [7, 11) is 0. The van der Waals surface area contributed by atoms with Gasteiger partial charge in [0.1, 0.15) is 0 Å². The minimum atomic E-state index is -0.135. The van der Waals surface area contributed by atoms with Crippen molar-refractivity contribution >= 4 is 11.8 Å². The number of rotatable bonds is 5. The number of pyridine rings is 1. The van der Waals surface area contributed by atoms with Gasteiger partial charge in [-0.3, -0.25) is 9.55 Å². The van der Waals surface area contributed by atoms with Crippen molar-refractivity contribution in [1.82, 2.24) is 19.7 Å². The van der Waals surface area contributed by atoms with Crippen molar-refractivity contribution < 1.29 is 0 Å². The quantitative estimate of drug-likeness (QED) is 0.814. The van der Waals surface area contributed by atoms with Crippen LogP contribution in [0.1, 0.15) is 36.6 Å². The molecular formula is C13H17N5OS. The molecule has 2 aromatic rings. The molecule has 0 aliphatic heterocycles. The molecule has 7 heteroatoms. The van der Waals surface area contributed by atoms with Crippen LogP contribution in [0, 0.1) is 0 Å². The van der Waals surface area contributed by atoms with Crippen LogP contribution in [0.25, 0.3) is 0 Å². The smallest absolute Gasteiger partial charge is 0.327 e. The van der Waals surface area contributed by atoms with E-state index in [1.807, 2.05) is 25.3 Å². The molecule has 0 spiro atoms. The van der Waals surface area contributed by atoms with Gasteiger partial charge in [-0.2, -0.15) is 0 Å².